The van der Waals surface area contributed by atoms with Crippen LogP contribution >= 0.6 is 11.3 Å². The van der Waals surface area contributed by atoms with Gasteiger partial charge in [0.2, 0.25) is 0 Å². The van der Waals surface area contributed by atoms with Crippen molar-refractivity contribution in [1.82, 2.24) is 10.3 Å². The van der Waals surface area contributed by atoms with Crippen molar-refractivity contribution < 1.29 is 27.9 Å². The third-order valence-electron chi connectivity index (χ3n) is 3.65. The molecule has 0 saturated heterocycles. The van der Waals surface area contributed by atoms with Crippen molar-refractivity contribution >= 4 is 23.2 Å². The van der Waals surface area contributed by atoms with Crippen LogP contribution in [0.4, 0.5) is 13.2 Å². The molecule has 0 atom stereocenters. The smallest absolute Gasteiger partial charge is 0.434 e. The molecule has 142 valence electrons. The summed E-state index contributed by atoms with van der Waals surface area (Å²) in [5, 5.41) is 11.0. The van der Waals surface area contributed by atoms with Crippen LogP contribution in [0.25, 0.3) is 0 Å². The fourth-order valence-corrected chi connectivity index (χ4v) is 3.08. The van der Waals surface area contributed by atoms with E-state index < -0.39 is 28.6 Å². The number of hydrogen-bond acceptors (Lipinski definition) is 4. The Bertz CT molecular complexity index is 547. The number of carboxylic acid groups (broad SMARTS) is 1. The fourth-order valence-electron chi connectivity index (χ4n) is 2.35. The van der Waals surface area contributed by atoms with E-state index in [0.29, 0.717) is 30.7 Å². The summed E-state index contributed by atoms with van der Waals surface area (Å²) < 4.78 is 38.0. The number of alkyl halides is 3. The van der Waals surface area contributed by atoms with Crippen LogP contribution in [0.1, 0.15) is 73.2 Å². The maximum Gasteiger partial charge on any atom is 0.434 e. The molecule has 1 amide bonds. The van der Waals surface area contributed by atoms with Crippen molar-refractivity contribution in [3.63, 3.8) is 0 Å². The first-order chi connectivity index (χ1) is 11.8. The Balaban J connectivity index is 2.06. The lowest BCUT2D eigenvalue weighted by Crippen LogP contribution is -2.26. The molecule has 0 aliphatic heterocycles. The number of nitrogens with one attached hydrogen (secondary N) is 1. The van der Waals surface area contributed by atoms with E-state index in [9.17, 15) is 22.8 Å². The standard InChI is InChI=1S/C16H23F3N2O3S/c17-16(18,19)14-13(25-11-21-14)15(24)20-10-8-6-4-2-1-3-5-7-9-12(22)23/h11H,1-10H2,(H,20,24)(H,22,23). The van der Waals surface area contributed by atoms with Crippen molar-refractivity contribution in [1.29, 1.82) is 0 Å². The molecule has 25 heavy (non-hydrogen) atoms. The average molecular weight is 380 g/mol. The predicted octanol–water partition coefficient (Wildman–Crippen LogP) is 4.49. The Morgan fingerprint density at radius 3 is 2.16 bits per heavy atom. The minimum Gasteiger partial charge on any atom is -0.481 e. The van der Waals surface area contributed by atoms with Crippen LogP contribution in [0.5, 0.6) is 0 Å². The highest BCUT2D eigenvalue weighted by Crippen LogP contribution is 2.32. The molecule has 0 bridgehead atoms. The summed E-state index contributed by atoms with van der Waals surface area (Å²) in [7, 11) is 0. The maximum atomic E-state index is 12.7. The SMILES string of the molecule is O=C(O)CCCCCCCCCCNC(=O)c1scnc1C(F)(F)F. The number of aromatic nitrogens is 1. The highest BCUT2D eigenvalue weighted by atomic mass is 32.1. The second-order valence-corrected chi connectivity index (χ2v) is 6.61. The molecule has 0 radical (unpaired) electrons. The van der Waals surface area contributed by atoms with Crippen LogP contribution < -0.4 is 5.32 Å². The predicted molar refractivity (Wildman–Crippen MR) is 88.6 cm³/mol. The summed E-state index contributed by atoms with van der Waals surface area (Å²) in [6, 6.07) is 0. The van der Waals surface area contributed by atoms with Crippen LogP contribution in [-0.2, 0) is 11.0 Å². The first kappa shape index (κ1) is 21.4. The van der Waals surface area contributed by atoms with Crippen molar-refractivity contribution in [3.8, 4) is 0 Å². The van der Waals surface area contributed by atoms with Gasteiger partial charge in [0.15, 0.2) is 5.69 Å². The van der Waals surface area contributed by atoms with Gasteiger partial charge in [0.1, 0.15) is 4.88 Å². The molecule has 5 nitrogen and oxygen atoms in total. The number of amides is 1. The highest BCUT2D eigenvalue weighted by Gasteiger charge is 2.38. The molecular weight excluding hydrogens is 357 g/mol. The Kier molecular flexibility index (Phi) is 9.48. The Morgan fingerprint density at radius 2 is 1.60 bits per heavy atom. The molecule has 1 aromatic heterocycles. The van der Waals surface area contributed by atoms with Crippen molar-refractivity contribution in [3.05, 3.63) is 16.1 Å². The number of aliphatic carboxylic acids is 1. The Hall–Kier alpha value is -1.64. The zero-order valence-corrected chi connectivity index (χ0v) is 14.7. The lowest BCUT2D eigenvalue weighted by Gasteiger charge is -2.07. The van der Waals surface area contributed by atoms with E-state index in [0.717, 1.165) is 44.0 Å². The monoisotopic (exact) mass is 380 g/mol. The van der Waals surface area contributed by atoms with Gasteiger partial charge in [0, 0.05) is 13.0 Å². The lowest BCUT2D eigenvalue weighted by molar-refractivity contribution is -0.141. The van der Waals surface area contributed by atoms with E-state index in [1.165, 1.54) is 0 Å². The van der Waals surface area contributed by atoms with E-state index in [4.69, 9.17) is 5.11 Å². The summed E-state index contributed by atoms with van der Waals surface area (Å²) in [6.45, 7) is 0.340. The van der Waals surface area contributed by atoms with Crippen LogP contribution in [0.2, 0.25) is 0 Å². The Labute approximate surface area is 148 Å². The van der Waals surface area contributed by atoms with Crippen LogP contribution in [0, 0.1) is 0 Å². The molecule has 9 heteroatoms. The molecule has 0 aliphatic carbocycles. The quantitative estimate of drug-likeness (QED) is 0.524. The molecule has 0 unspecified atom stereocenters. The summed E-state index contributed by atoms with van der Waals surface area (Å²) >= 11 is 0.688. The zero-order chi connectivity index (χ0) is 18.7. The molecule has 1 aromatic rings. The molecule has 0 aromatic carbocycles. The number of rotatable bonds is 12. The number of halogens is 3. The molecule has 0 aliphatic rings. The number of hydrogen-bond donors (Lipinski definition) is 2. The normalized spacial score (nSPS) is 11.5. The summed E-state index contributed by atoms with van der Waals surface area (Å²) in [4.78, 5) is 24.9. The van der Waals surface area contributed by atoms with Gasteiger partial charge in [-0.2, -0.15) is 13.2 Å². The largest absolute Gasteiger partial charge is 0.481 e. The molecular formula is C16H23F3N2O3S. The molecule has 0 spiro atoms. The van der Waals surface area contributed by atoms with Gasteiger partial charge < -0.3 is 10.4 Å². The molecule has 2 N–H and O–H groups in total. The van der Waals surface area contributed by atoms with E-state index in [-0.39, 0.29) is 6.42 Å². The molecule has 1 rings (SSSR count). The maximum absolute atomic E-state index is 12.7. The summed E-state index contributed by atoms with van der Waals surface area (Å²) in [5.74, 6) is -1.49. The van der Waals surface area contributed by atoms with Crippen LogP contribution in [0.15, 0.2) is 5.51 Å². The number of thiazole rings is 1. The summed E-state index contributed by atoms with van der Waals surface area (Å²) in [6.07, 6.45) is 2.91. The molecule has 0 saturated carbocycles. The first-order valence-electron chi connectivity index (χ1n) is 8.33. The second-order valence-electron chi connectivity index (χ2n) is 5.76. The lowest BCUT2D eigenvalue weighted by atomic mass is 10.1. The van der Waals surface area contributed by atoms with Crippen LogP contribution in [0.3, 0.4) is 0 Å². The minimum atomic E-state index is -4.61. The highest BCUT2D eigenvalue weighted by molar-refractivity contribution is 7.11. The fraction of sp³-hybridized carbons (Fsp3) is 0.688. The first-order valence-corrected chi connectivity index (χ1v) is 9.21. The van der Waals surface area contributed by atoms with Gasteiger partial charge in [-0.05, 0) is 12.8 Å². The Morgan fingerprint density at radius 1 is 1.04 bits per heavy atom. The van der Waals surface area contributed by atoms with Crippen molar-refractivity contribution in [2.75, 3.05) is 6.54 Å². The second kappa shape index (κ2) is 11.1. The minimum absolute atomic E-state index is 0.218. The van der Waals surface area contributed by atoms with E-state index in [1.54, 1.807) is 0 Å². The third-order valence-corrected chi connectivity index (χ3v) is 4.47. The zero-order valence-electron chi connectivity index (χ0n) is 13.9. The van der Waals surface area contributed by atoms with Gasteiger partial charge in [-0.3, -0.25) is 9.59 Å². The number of carbonyl (C=O) groups excluding carboxylic acids is 1. The topological polar surface area (TPSA) is 79.3 Å². The van der Waals surface area contributed by atoms with Gasteiger partial charge in [-0.25, -0.2) is 4.98 Å². The van der Waals surface area contributed by atoms with E-state index in [2.05, 4.69) is 10.3 Å². The van der Waals surface area contributed by atoms with E-state index in [1.807, 2.05) is 0 Å². The van der Waals surface area contributed by atoms with Crippen molar-refractivity contribution in [2.24, 2.45) is 0 Å². The van der Waals surface area contributed by atoms with Gasteiger partial charge in [-0.1, -0.05) is 38.5 Å². The van der Waals surface area contributed by atoms with Gasteiger partial charge in [0.25, 0.3) is 5.91 Å². The number of carboxylic acids is 1. The third kappa shape index (κ3) is 8.85. The average Bonchev–Trinajstić information content (AvgIpc) is 3.02. The number of unbranched alkanes of at least 4 members (excludes halogenated alkanes) is 7. The molecule has 1 heterocycles. The van der Waals surface area contributed by atoms with E-state index >= 15 is 0 Å². The van der Waals surface area contributed by atoms with Gasteiger partial charge in [-0.15, -0.1) is 11.3 Å². The van der Waals surface area contributed by atoms with Crippen molar-refractivity contribution in [2.45, 2.75) is 64.0 Å². The van der Waals surface area contributed by atoms with Crippen LogP contribution in [-0.4, -0.2) is 28.5 Å². The summed E-state index contributed by atoms with van der Waals surface area (Å²) in [5.41, 5.74) is -0.105. The molecule has 0 fully saturated rings. The number of nitrogens with zero attached hydrogens (tertiary/aromatic N) is 1. The van der Waals surface area contributed by atoms with Gasteiger partial charge in [0.05, 0.1) is 5.51 Å². The number of carbonyl (C=O) groups is 2. The van der Waals surface area contributed by atoms with Gasteiger partial charge >= 0.3 is 12.1 Å².